The summed E-state index contributed by atoms with van der Waals surface area (Å²) >= 11 is 0. The zero-order valence-electron chi connectivity index (χ0n) is 13.4. The first-order valence-electron chi connectivity index (χ1n) is 8.05. The highest BCUT2D eigenvalue weighted by molar-refractivity contribution is 7.91. The van der Waals surface area contributed by atoms with E-state index in [0.29, 0.717) is 18.7 Å². The minimum Gasteiger partial charge on any atom is -0.385 e. The van der Waals surface area contributed by atoms with Gasteiger partial charge in [-0.25, -0.2) is 8.42 Å². The molecule has 0 spiro atoms. The van der Waals surface area contributed by atoms with Crippen molar-refractivity contribution in [3.8, 4) is 0 Å². The van der Waals surface area contributed by atoms with Gasteiger partial charge >= 0.3 is 5.76 Å². The molecule has 1 N–H and O–H groups in total. The number of carbonyl (C=O) groups excluding carboxylic acids is 1. The third-order valence-electron chi connectivity index (χ3n) is 4.04. The van der Waals surface area contributed by atoms with Gasteiger partial charge in [-0.05, 0) is 37.1 Å². The van der Waals surface area contributed by atoms with Gasteiger partial charge in [0.1, 0.15) is 0 Å². The molecule has 0 unspecified atom stereocenters. The summed E-state index contributed by atoms with van der Waals surface area (Å²) < 4.78 is 47.6. The van der Waals surface area contributed by atoms with Gasteiger partial charge < -0.3 is 10.2 Å². The normalized spacial score (nSPS) is 16.0. The molecule has 5 nitrogen and oxygen atoms in total. The van der Waals surface area contributed by atoms with Crippen LogP contribution in [0, 0.1) is 0 Å². The average Bonchev–Trinajstić information content (AvgIpc) is 2.84. The Morgan fingerprint density at radius 2 is 1.67 bits per heavy atom. The Balaban J connectivity index is 1.83. The molecule has 1 fully saturated rings. The first-order valence-corrected chi connectivity index (χ1v) is 9.59. The number of hydrogen-bond acceptors (Lipinski definition) is 4. The van der Waals surface area contributed by atoms with Crippen LogP contribution in [0.1, 0.15) is 32.1 Å². The highest BCUT2D eigenvalue weighted by Gasteiger charge is 2.26. The molecule has 134 valence electrons. The monoisotopic (exact) mass is 360 g/mol. The smallest absolute Gasteiger partial charge is 0.341 e. The van der Waals surface area contributed by atoms with E-state index >= 15 is 0 Å². The van der Waals surface area contributed by atoms with Crippen molar-refractivity contribution in [2.75, 3.05) is 25.0 Å². The molecule has 1 aromatic carbocycles. The molecule has 1 aliphatic rings. The quantitative estimate of drug-likeness (QED) is 0.847. The molecule has 0 radical (unpaired) electrons. The fourth-order valence-corrected chi connectivity index (χ4v) is 3.38. The summed E-state index contributed by atoms with van der Waals surface area (Å²) in [4.78, 5) is 13.6. The number of sulfone groups is 1. The molecule has 0 atom stereocenters. The molecule has 0 aliphatic carbocycles. The Morgan fingerprint density at radius 3 is 2.21 bits per heavy atom. The van der Waals surface area contributed by atoms with Gasteiger partial charge in [0.25, 0.3) is 0 Å². The lowest BCUT2D eigenvalue weighted by Crippen LogP contribution is -2.32. The molecule has 8 heteroatoms. The van der Waals surface area contributed by atoms with E-state index in [9.17, 15) is 22.0 Å². The lowest BCUT2D eigenvalue weighted by Gasteiger charge is -2.20. The van der Waals surface area contributed by atoms with Crippen molar-refractivity contribution < 1.29 is 22.0 Å². The Hall–Kier alpha value is -1.70. The highest BCUT2D eigenvalue weighted by Crippen LogP contribution is 2.20. The summed E-state index contributed by atoms with van der Waals surface area (Å²) in [5.74, 6) is -3.33. The van der Waals surface area contributed by atoms with Gasteiger partial charge in [0.05, 0.1) is 4.90 Å². The van der Waals surface area contributed by atoms with E-state index in [-0.39, 0.29) is 5.91 Å². The fraction of sp³-hybridized carbons (Fsp3) is 0.562. The lowest BCUT2D eigenvalue weighted by molar-refractivity contribution is -0.130. The van der Waals surface area contributed by atoms with Gasteiger partial charge in [-0.1, -0.05) is 12.8 Å². The summed E-state index contributed by atoms with van der Waals surface area (Å²) in [6, 6.07) is 5.12. The van der Waals surface area contributed by atoms with Gasteiger partial charge in [-0.15, -0.1) is 0 Å². The van der Waals surface area contributed by atoms with E-state index in [0.717, 1.165) is 50.9 Å². The number of likely N-dealkylation sites (tertiary alicyclic amines) is 1. The number of hydrogen-bond donors (Lipinski definition) is 1. The van der Waals surface area contributed by atoms with Crippen LogP contribution in [0.4, 0.5) is 14.5 Å². The molecule has 1 amide bonds. The van der Waals surface area contributed by atoms with E-state index in [1.807, 2.05) is 4.90 Å². The Bertz CT molecular complexity index is 640. The van der Waals surface area contributed by atoms with Gasteiger partial charge in [0.15, 0.2) is 0 Å². The van der Waals surface area contributed by atoms with Crippen molar-refractivity contribution in [1.82, 2.24) is 4.90 Å². The number of anilines is 1. The van der Waals surface area contributed by atoms with Crippen LogP contribution in [0.3, 0.4) is 0 Å². The molecule has 0 bridgehead atoms. The van der Waals surface area contributed by atoms with Crippen LogP contribution >= 0.6 is 0 Å². The number of halogens is 2. The second kappa shape index (κ2) is 8.41. The number of alkyl halides is 2. The number of benzene rings is 1. The molecule has 1 heterocycles. The topological polar surface area (TPSA) is 66.5 Å². The van der Waals surface area contributed by atoms with E-state index in [2.05, 4.69) is 5.32 Å². The van der Waals surface area contributed by atoms with Crippen molar-refractivity contribution in [3.05, 3.63) is 24.3 Å². The van der Waals surface area contributed by atoms with Crippen LogP contribution in [-0.2, 0) is 14.6 Å². The second-order valence-electron chi connectivity index (χ2n) is 5.80. The van der Waals surface area contributed by atoms with Crippen molar-refractivity contribution in [3.63, 3.8) is 0 Å². The van der Waals surface area contributed by atoms with Crippen LogP contribution in [-0.4, -0.2) is 44.6 Å². The van der Waals surface area contributed by atoms with Crippen LogP contribution in [0.25, 0.3) is 0 Å². The molecule has 1 saturated heterocycles. The second-order valence-corrected chi connectivity index (χ2v) is 7.72. The van der Waals surface area contributed by atoms with E-state index in [1.165, 1.54) is 12.1 Å². The summed E-state index contributed by atoms with van der Waals surface area (Å²) in [5.41, 5.74) is 0.590. The van der Waals surface area contributed by atoms with Crippen LogP contribution in [0.15, 0.2) is 29.2 Å². The van der Waals surface area contributed by atoms with Crippen molar-refractivity contribution in [2.45, 2.75) is 42.8 Å². The average molecular weight is 360 g/mol. The third kappa shape index (κ3) is 4.90. The number of carbonyl (C=O) groups is 1. The largest absolute Gasteiger partial charge is 0.385 e. The summed E-state index contributed by atoms with van der Waals surface area (Å²) in [6.07, 6.45) is 4.75. The maximum Gasteiger partial charge on any atom is 0.341 e. The molecule has 2 rings (SSSR count). The van der Waals surface area contributed by atoms with E-state index in [4.69, 9.17) is 0 Å². The fourth-order valence-electron chi connectivity index (χ4n) is 2.66. The number of nitrogens with one attached hydrogen (secondary N) is 1. The Labute approximate surface area is 141 Å². The molecule has 24 heavy (non-hydrogen) atoms. The van der Waals surface area contributed by atoms with Crippen molar-refractivity contribution in [2.24, 2.45) is 0 Å². The first-order chi connectivity index (χ1) is 11.4. The molecule has 0 saturated carbocycles. The number of rotatable bonds is 6. The highest BCUT2D eigenvalue weighted by atomic mass is 32.2. The molecular weight excluding hydrogens is 338 g/mol. The zero-order chi connectivity index (χ0) is 17.6. The zero-order valence-corrected chi connectivity index (χ0v) is 14.2. The maximum atomic E-state index is 12.5. The third-order valence-corrected chi connectivity index (χ3v) is 5.44. The van der Waals surface area contributed by atoms with Crippen molar-refractivity contribution in [1.29, 1.82) is 0 Å². The summed E-state index contributed by atoms with van der Waals surface area (Å²) in [6.45, 7) is 2.02. The standard InChI is InChI=1S/C16H22F2N2O3S/c17-16(18)24(22,23)14-7-5-13(6-8-14)19-10-9-15(21)20-11-3-1-2-4-12-20/h5-8,16,19H,1-4,9-12H2. The number of amides is 1. The van der Waals surface area contributed by atoms with Crippen molar-refractivity contribution >= 4 is 21.4 Å². The molecular formula is C16H22F2N2O3S. The minimum absolute atomic E-state index is 0.0984. The predicted molar refractivity (Wildman–Crippen MR) is 87.8 cm³/mol. The van der Waals surface area contributed by atoms with Gasteiger partial charge in [-0.3, -0.25) is 4.79 Å². The molecule has 0 aromatic heterocycles. The maximum absolute atomic E-state index is 12.5. The summed E-state index contributed by atoms with van der Waals surface area (Å²) in [7, 11) is -4.57. The van der Waals surface area contributed by atoms with Crippen LogP contribution < -0.4 is 5.32 Å². The van der Waals surface area contributed by atoms with Gasteiger partial charge in [-0.2, -0.15) is 8.78 Å². The van der Waals surface area contributed by atoms with E-state index in [1.54, 1.807) is 0 Å². The predicted octanol–water partition coefficient (Wildman–Crippen LogP) is 2.89. The van der Waals surface area contributed by atoms with Crippen LogP contribution in [0.2, 0.25) is 0 Å². The minimum atomic E-state index is -4.57. The number of nitrogens with zero attached hydrogens (tertiary/aromatic N) is 1. The SMILES string of the molecule is O=C(CCNc1ccc(S(=O)(=O)C(F)F)cc1)N1CCCCCC1. The summed E-state index contributed by atoms with van der Waals surface area (Å²) in [5, 5.41) is 3.01. The molecule has 1 aromatic rings. The Kier molecular flexibility index (Phi) is 6.53. The van der Waals surface area contributed by atoms with E-state index < -0.39 is 20.5 Å². The Morgan fingerprint density at radius 1 is 1.08 bits per heavy atom. The van der Waals surface area contributed by atoms with Gasteiger partial charge in [0, 0.05) is 31.7 Å². The van der Waals surface area contributed by atoms with Gasteiger partial charge in [0.2, 0.25) is 15.7 Å². The van der Waals surface area contributed by atoms with Crippen LogP contribution in [0.5, 0.6) is 0 Å². The molecule has 1 aliphatic heterocycles. The lowest BCUT2D eigenvalue weighted by atomic mass is 10.2. The first kappa shape index (κ1) is 18.6.